The molecule has 5 heteroatoms. The third-order valence-electron chi connectivity index (χ3n) is 7.20. The van der Waals surface area contributed by atoms with Crippen molar-refractivity contribution in [3.05, 3.63) is 82.4 Å². The average molecular weight is 503 g/mol. The Morgan fingerprint density at radius 1 is 1.15 bits per heavy atom. The van der Waals surface area contributed by atoms with Crippen LogP contribution in [0.25, 0.3) is 0 Å². The van der Waals surface area contributed by atoms with E-state index in [1.807, 2.05) is 42.1 Å². The Hall–Kier alpha value is -1.42. The molecule has 0 spiro atoms. The maximum absolute atomic E-state index is 14.3. The molecule has 2 fully saturated rings. The molecule has 1 aliphatic carbocycles. The molecule has 2 aliphatic rings. The monoisotopic (exact) mass is 501 g/mol. The van der Waals surface area contributed by atoms with Crippen LogP contribution in [-0.2, 0) is 4.79 Å². The first-order valence-electron chi connectivity index (χ1n) is 11.9. The molecule has 1 saturated carbocycles. The van der Waals surface area contributed by atoms with E-state index in [2.05, 4.69) is 49.6 Å². The van der Waals surface area contributed by atoms with Crippen LogP contribution >= 0.6 is 35.0 Å². The van der Waals surface area contributed by atoms with Crippen LogP contribution in [0.3, 0.4) is 0 Å². The fourth-order valence-corrected chi connectivity index (χ4v) is 6.65. The van der Waals surface area contributed by atoms with E-state index in [-0.39, 0.29) is 23.9 Å². The van der Waals surface area contributed by atoms with Crippen LogP contribution in [0.2, 0.25) is 10.0 Å². The van der Waals surface area contributed by atoms with Gasteiger partial charge in [0.25, 0.3) is 0 Å². The topological polar surface area (TPSA) is 20.3 Å². The normalized spacial score (nSPS) is 26.3. The van der Waals surface area contributed by atoms with Gasteiger partial charge in [-0.1, -0.05) is 67.4 Å². The molecule has 1 amide bonds. The van der Waals surface area contributed by atoms with E-state index in [0.717, 1.165) is 28.5 Å². The zero-order valence-corrected chi connectivity index (χ0v) is 21.8. The molecule has 4 rings (SSSR count). The molecule has 1 saturated heterocycles. The molecular weight excluding hydrogens is 469 g/mol. The molecule has 0 N–H and O–H groups in total. The number of carbonyl (C=O) groups is 1. The van der Waals surface area contributed by atoms with Crippen LogP contribution < -0.4 is 0 Å². The lowest BCUT2D eigenvalue weighted by molar-refractivity contribution is -0.154. The van der Waals surface area contributed by atoms with Gasteiger partial charge in [-0.15, -0.1) is 6.58 Å². The van der Waals surface area contributed by atoms with Gasteiger partial charge in [0.1, 0.15) is 0 Å². The number of benzene rings is 2. The lowest BCUT2D eigenvalue weighted by atomic mass is 9.67. The first kappa shape index (κ1) is 24.7. The summed E-state index contributed by atoms with van der Waals surface area (Å²) < 4.78 is 0. The predicted molar refractivity (Wildman–Crippen MR) is 142 cm³/mol. The molecule has 2 nitrogen and oxygen atoms in total. The standard InChI is InChI=1S/C28H33Cl2NOS/c1-4-15-28(3)17-24(21-7-6-8-23(30)16-21)26(20-11-13-22(29)14-12-20)31(27(28)32)25(18-33-5-2)19-9-10-19/h4,6-8,11-14,16,19,24-26H,1,5,9-10,15,17-18H2,2-3H3/t24?,25-,26-,28+/m1/s1. The number of amides is 1. The van der Waals surface area contributed by atoms with E-state index in [1.54, 1.807) is 0 Å². The van der Waals surface area contributed by atoms with Crippen LogP contribution in [0, 0.1) is 11.3 Å². The summed E-state index contributed by atoms with van der Waals surface area (Å²) >= 11 is 14.6. The summed E-state index contributed by atoms with van der Waals surface area (Å²) in [5.41, 5.74) is 1.85. The van der Waals surface area contributed by atoms with Gasteiger partial charge in [0.15, 0.2) is 0 Å². The Morgan fingerprint density at radius 2 is 1.88 bits per heavy atom. The van der Waals surface area contributed by atoms with Gasteiger partial charge in [0.2, 0.25) is 5.91 Å². The third-order valence-corrected chi connectivity index (χ3v) is 8.67. The highest BCUT2D eigenvalue weighted by Crippen LogP contribution is 2.54. The van der Waals surface area contributed by atoms with Crippen molar-refractivity contribution >= 4 is 40.9 Å². The molecular formula is C28H33Cl2NOS. The summed E-state index contributed by atoms with van der Waals surface area (Å²) in [7, 11) is 0. The number of hydrogen-bond donors (Lipinski definition) is 0. The number of likely N-dealkylation sites (tertiary alicyclic amines) is 1. The van der Waals surface area contributed by atoms with Crippen molar-refractivity contribution in [3.63, 3.8) is 0 Å². The molecule has 1 aliphatic heterocycles. The van der Waals surface area contributed by atoms with Crippen LogP contribution in [-0.4, -0.2) is 28.4 Å². The summed E-state index contributed by atoms with van der Waals surface area (Å²) in [5, 5.41) is 1.44. The second-order valence-corrected chi connectivity index (χ2v) is 11.9. The van der Waals surface area contributed by atoms with Gasteiger partial charge < -0.3 is 4.90 Å². The summed E-state index contributed by atoms with van der Waals surface area (Å²) in [4.78, 5) is 16.6. The molecule has 0 aromatic heterocycles. The van der Waals surface area contributed by atoms with Crippen molar-refractivity contribution in [2.24, 2.45) is 11.3 Å². The van der Waals surface area contributed by atoms with Gasteiger partial charge in [-0.05, 0) is 72.7 Å². The van der Waals surface area contributed by atoms with Gasteiger partial charge in [0, 0.05) is 27.8 Å². The Balaban J connectivity index is 1.88. The maximum atomic E-state index is 14.3. The van der Waals surface area contributed by atoms with Crippen molar-refractivity contribution in [1.82, 2.24) is 4.90 Å². The van der Waals surface area contributed by atoms with E-state index in [1.165, 1.54) is 18.4 Å². The Bertz CT molecular complexity index is 990. The van der Waals surface area contributed by atoms with Crippen LogP contribution in [0.15, 0.2) is 61.2 Å². The predicted octanol–water partition coefficient (Wildman–Crippen LogP) is 8.16. The zero-order valence-electron chi connectivity index (χ0n) is 19.5. The molecule has 2 aromatic rings. The Kier molecular flexibility index (Phi) is 7.83. The second kappa shape index (κ2) is 10.5. The third kappa shape index (κ3) is 5.31. The zero-order chi connectivity index (χ0) is 23.6. The van der Waals surface area contributed by atoms with Crippen LogP contribution in [0.4, 0.5) is 0 Å². The summed E-state index contributed by atoms with van der Waals surface area (Å²) in [6.07, 6.45) is 5.74. The van der Waals surface area contributed by atoms with Gasteiger partial charge in [-0.25, -0.2) is 0 Å². The minimum atomic E-state index is -0.484. The first-order valence-corrected chi connectivity index (χ1v) is 13.8. The Labute approximate surface area is 212 Å². The van der Waals surface area contributed by atoms with Crippen molar-refractivity contribution < 1.29 is 4.79 Å². The Morgan fingerprint density at radius 3 is 2.48 bits per heavy atom. The SMILES string of the molecule is C=CC[C@@]1(C)CC(c2cccc(Cl)c2)[C@@H](c2ccc(Cl)cc2)N([C@H](CSCC)C2CC2)C1=O. The van der Waals surface area contributed by atoms with Gasteiger partial charge >= 0.3 is 0 Å². The molecule has 4 atom stereocenters. The number of nitrogens with zero attached hydrogens (tertiary/aromatic N) is 1. The minimum Gasteiger partial charge on any atom is -0.330 e. The number of thioether (sulfide) groups is 1. The van der Waals surface area contributed by atoms with Crippen molar-refractivity contribution in [2.75, 3.05) is 11.5 Å². The van der Waals surface area contributed by atoms with E-state index in [4.69, 9.17) is 23.2 Å². The minimum absolute atomic E-state index is 0.0471. The number of halogens is 2. The molecule has 2 aromatic carbocycles. The highest BCUT2D eigenvalue weighted by Gasteiger charge is 2.53. The molecule has 1 heterocycles. The molecule has 0 radical (unpaired) electrons. The van der Waals surface area contributed by atoms with Crippen molar-refractivity contribution in [2.45, 2.75) is 57.5 Å². The fourth-order valence-electron chi connectivity index (χ4n) is 5.42. The lowest BCUT2D eigenvalue weighted by Gasteiger charge is -2.52. The smallest absolute Gasteiger partial charge is 0.229 e. The highest BCUT2D eigenvalue weighted by molar-refractivity contribution is 7.99. The molecule has 0 bridgehead atoms. The van der Waals surface area contributed by atoms with E-state index < -0.39 is 5.41 Å². The van der Waals surface area contributed by atoms with Gasteiger partial charge in [-0.2, -0.15) is 11.8 Å². The van der Waals surface area contributed by atoms with E-state index in [9.17, 15) is 4.79 Å². The highest BCUT2D eigenvalue weighted by atomic mass is 35.5. The number of rotatable bonds is 9. The van der Waals surface area contributed by atoms with Gasteiger partial charge in [0.05, 0.1) is 11.5 Å². The number of hydrogen-bond acceptors (Lipinski definition) is 2. The summed E-state index contributed by atoms with van der Waals surface area (Å²) in [6.45, 7) is 8.31. The maximum Gasteiger partial charge on any atom is 0.229 e. The van der Waals surface area contributed by atoms with Gasteiger partial charge in [-0.3, -0.25) is 4.79 Å². The van der Waals surface area contributed by atoms with Crippen molar-refractivity contribution in [1.29, 1.82) is 0 Å². The first-order chi connectivity index (χ1) is 15.9. The molecule has 176 valence electrons. The largest absolute Gasteiger partial charge is 0.330 e. The summed E-state index contributed by atoms with van der Waals surface area (Å²) in [6, 6.07) is 16.4. The molecule has 1 unspecified atom stereocenters. The second-order valence-electron chi connectivity index (χ2n) is 9.69. The fraction of sp³-hybridized carbons (Fsp3) is 0.464. The molecule has 33 heavy (non-hydrogen) atoms. The summed E-state index contributed by atoms with van der Waals surface area (Å²) in [5.74, 6) is 3.01. The van der Waals surface area contributed by atoms with Crippen LogP contribution in [0.5, 0.6) is 0 Å². The quantitative estimate of drug-likeness (QED) is 0.323. The number of piperidine rings is 1. The lowest BCUT2D eigenvalue weighted by Crippen LogP contribution is -2.56. The average Bonchev–Trinajstić information content (AvgIpc) is 3.63. The number of carbonyl (C=O) groups excluding carboxylic acids is 1. The van der Waals surface area contributed by atoms with E-state index >= 15 is 0 Å². The van der Waals surface area contributed by atoms with E-state index in [0.29, 0.717) is 17.4 Å². The van der Waals surface area contributed by atoms with Crippen molar-refractivity contribution in [3.8, 4) is 0 Å². The number of allylic oxidation sites excluding steroid dienone is 1. The van der Waals surface area contributed by atoms with Crippen LogP contribution in [0.1, 0.15) is 62.6 Å².